The average Bonchev–Trinajstić information content (AvgIpc) is 2.04. The third-order valence-electron chi connectivity index (χ3n) is 2.22. The van der Waals surface area contributed by atoms with E-state index >= 15 is 0 Å². The second-order valence-corrected chi connectivity index (χ2v) is 4.26. The normalized spacial score (nSPS) is 14.5. The maximum Gasteiger partial charge on any atom is 0.0686 e. The first-order valence-electron chi connectivity index (χ1n) is 4.60. The summed E-state index contributed by atoms with van der Waals surface area (Å²) in [5.74, 6) is 0. The molecule has 0 aromatic rings. The number of thiol groups is 1. The number of hydrogen-bond acceptors (Lipinski definition) is 4. The summed E-state index contributed by atoms with van der Waals surface area (Å²) < 4.78 is 4.72. The Labute approximate surface area is 85.7 Å². The molecule has 0 aliphatic rings. The lowest BCUT2D eigenvalue weighted by atomic mass is 9.85. The first kappa shape index (κ1) is 13.2. The van der Waals surface area contributed by atoms with Crippen LogP contribution in [0.3, 0.4) is 0 Å². The molecule has 0 aromatic carbocycles. The van der Waals surface area contributed by atoms with Crippen molar-refractivity contribution in [1.29, 1.82) is 0 Å². The Morgan fingerprint density at radius 2 is 2.00 bits per heavy atom. The van der Waals surface area contributed by atoms with Gasteiger partial charge in [0.25, 0.3) is 0 Å². The van der Waals surface area contributed by atoms with Crippen LogP contribution in [0.4, 0.5) is 0 Å². The van der Waals surface area contributed by atoms with Gasteiger partial charge in [-0.25, -0.2) is 0 Å². The van der Waals surface area contributed by atoms with Crippen LogP contribution in [0.1, 0.15) is 33.1 Å². The van der Waals surface area contributed by atoms with Crippen molar-refractivity contribution in [1.82, 2.24) is 0 Å². The lowest BCUT2D eigenvalue weighted by Gasteiger charge is -2.29. The Balaban J connectivity index is 3.72. The molecule has 0 saturated heterocycles. The minimum absolute atomic E-state index is 0.191. The second kappa shape index (κ2) is 6.65. The fourth-order valence-electron chi connectivity index (χ4n) is 1.10. The molecule has 1 atom stereocenters. The summed E-state index contributed by atoms with van der Waals surface area (Å²) in [6.45, 7) is 4.49. The van der Waals surface area contributed by atoms with Gasteiger partial charge in [0.15, 0.2) is 0 Å². The molecule has 0 radical (unpaired) electrons. The second-order valence-electron chi connectivity index (χ2n) is 4.00. The summed E-state index contributed by atoms with van der Waals surface area (Å²) in [4.78, 5) is 0. The highest BCUT2D eigenvalue weighted by molar-refractivity contribution is 7.75. The molecule has 0 rings (SSSR count). The Morgan fingerprint density at radius 3 is 2.46 bits per heavy atom. The van der Waals surface area contributed by atoms with Gasteiger partial charge in [-0.05, 0) is 32.2 Å². The SMILES string of the molecule is CC(C)(COS)C(O)CCCCO. The average molecular weight is 208 g/mol. The van der Waals surface area contributed by atoms with Gasteiger partial charge in [0, 0.05) is 12.0 Å². The van der Waals surface area contributed by atoms with E-state index < -0.39 is 6.10 Å². The minimum Gasteiger partial charge on any atom is -0.396 e. The van der Waals surface area contributed by atoms with Crippen LogP contribution in [0.2, 0.25) is 0 Å². The fraction of sp³-hybridized carbons (Fsp3) is 1.00. The predicted molar refractivity (Wildman–Crippen MR) is 55.7 cm³/mol. The number of hydrogen-bond donors (Lipinski definition) is 3. The molecule has 0 spiro atoms. The van der Waals surface area contributed by atoms with Crippen LogP contribution in [0.5, 0.6) is 0 Å². The highest BCUT2D eigenvalue weighted by Crippen LogP contribution is 2.25. The van der Waals surface area contributed by atoms with Gasteiger partial charge >= 0.3 is 0 Å². The van der Waals surface area contributed by atoms with Crippen LogP contribution in [0.15, 0.2) is 0 Å². The zero-order valence-electron chi connectivity index (χ0n) is 8.36. The van der Waals surface area contributed by atoms with Crippen LogP contribution in [-0.4, -0.2) is 29.5 Å². The molecule has 0 bridgehead atoms. The first-order chi connectivity index (χ1) is 6.04. The molecule has 0 aromatic heterocycles. The van der Waals surface area contributed by atoms with Crippen molar-refractivity contribution in [3.63, 3.8) is 0 Å². The topological polar surface area (TPSA) is 49.7 Å². The van der Waals surface area contributed by atoms with E-state index in [-0.39, 0.29) is 12.0 Å². The van der Waals surface area contributed by atoms with Crippen molar-refractivity contribution in [3.8, 4) is 0 Å². The summed E-state index contributed by atoms with van der Waals surface area (Å²) >= 11 is 3.67. The van der Waals surface area contributed by atoms with E-state index in [1.807, 2.05) is 13.8 Å². The van der Waals surface area contributed by atoms with Crippen molar-refractivity contribution in [3.05, 3.63) is 0 Å². The summed E-state index contributed by atoms with van der Waals surface area (Å²) in [6, 6.07) is 0. The highest BCUT2D eigenvalue weighted by Gasteiger charge is 2.27. The zero-order valence-corrected chi connectivity index (χ0v) is 9.26. The minimum atomic E-state index is -0.397. The molecule has 4 heteroatoms. The molecular formula is C9H20O3S. The molecular weight excluding hydrogens is 188 g/mol. The van der Waals surface area contributed by atoms with Crippen molar-refractivity contribution in [2.24, 2.45) is 5.41 Å². The molecule has 0 aliphatic heterocycles. The first-order valence-corrected chi connectivity index (χ1v) is 4.96. The molecule has 0 heterocycles. The maximum atomic E-state index is 9.74. The van der Waals surface area contributed by atoms with E-state index in [0.29, 0.717) is 13.0 Å². The summed E-state index contributed by atoms with van der Waals surface area (Å²) in [5, 5.41) is 18.3. The fourth-order valence-corrected chi connectivity index (χ4v) is 1.44. The van der Waals surface area contributed by atoms with Gasteiger partial charge in [0.2, 0.25) is 0 Å². The predicted octanol–water partition coefficient (Wildman–Crippen LogP) is 1.40. The molecule has 0 saturated carbocycles. The number of rotatable bonds is 7. The molecule has 0 fully saturated rings. The molecule has 13 heavy (non-hydrogen) atoms. The van der Waals surface area contributed by atoms with Crippen molar-refractivity contribution >= 4 is 12.9 Å². The lowest BCUT2D eigenvalue weighted by molar-refractivity contribution is 0.0137. The van der Waals surface area contributed by atoms with Crippen molar-refractivity contribution < 1.29 is 14.4 Å². The Bertz CT molecular complexity index is 128. The molecule has 80 valence electrons. The Hall–Kier alpha value is 0.230. The van der Waals surface area contributed by atoms with Crippen molar-refractivity contribution in [2.75, 3.05) is 13.2 Å². The van der Waals surface area contributed by atoms with Gasteiger partial charge in [0.1, 0.15) is 0 Å². The Kier molecular flexibility index (Phi) is 6.77. The summed E-state index contributed by atoms with van der Waals surface area (Å²) in [6.07, 6.45) is 1.89. The molecule has 1 unspecified atom stereocenters. The molecule has 0 aliphatic carbocycles. The molecule has 0 amide bonds. The summed E-state index contributed by atoms with van der Waals surface area (Å²) in [7, 11) is 0. The van der Waals surface area contributed by atoms with Gasteiger partial charge in [-0.1, -0.05) is 13.8 Å². The van der Waals surface area contributed by atoms with Crippen LogP contribution in [0.25, 0.3) is 0 Å². The zero-order chi connectivity index (χ0) is 10.3. The standard InChI is InChI=1S/C9H20O3S/c1-9(2,7-12-13)8(11)5-3-4-6-10/h8,10-11,13H,3-7H2,1-2H3. The van der Waals surface area contributed by atoms with E-state index in [1.54, 1.807) is 0 Å². The smallest absolute Gasteiger partial charge is 0.0686 e. The molecule has 2 N–H and O–H groups in total. The van der Waals surface area contributed by atoms with Gasteiger partial charge in [0.05, 0.1) is 12.7 Å². The van der Waals surface area contributed by atoms with Gasteiger partial charge in [-0.2, -0.15) is 0 Å². The van der Waals surface area contributed by atoms with Crippen LogP contribution >= 0.6 is 12.9 Å². The largest absolute Gasteiger partial charge is 0.396 e. The van der Waals surface area contributed by atoms with E-state index in [9.17, 15) is 5.11 Å². The number of unbranched alkanes of at least 4 members (excludes halogenated alkanes) is 1. The lowest BCUT2D eigenvalue weighted by Crippen LogP contribution is -2.33. The quantitative estimate of drug-likeness (QED) is 0.337. The maximum absolute atomic E-state index is 9.74. The van der Waals surface area contributed by atoms with Crippen LogP contribution in [-0.2, 0) is 4.18 Å². The third kappa shape index (κ3) is 5.52. The number of aliphatic hydroxyl groups excluding tert-OH is 2. The third-order valence-corrected chi connectivity index (χ3v) is 2.35. The van der Waals surface area contributed by atoms with Gasteiger partial charge in [-0.15, -0.1) is 0 Å². The van der Waals surface area contributed by atoms with Crippen molar-refractivity contribution in [2.45, 2.75) is 39.2 Å². The monoisotopic (exact) mass is 208 g/mol. The van der Waals surface area contributed by atoms with E-state index in [0.717, 1.165) is 12.8 Å². The van der Waals surface area contributed by atoms with Gasteiger partial charge in [-0.3, -0.25) is 0 Å². The van der Waals surface area contributed by atoms with E-state index in [4.69, 9.17) is 9.29 Å². The van der Waals surface area contributed by atoms with Crippen LogP contribution in [0, 0.1) is 5.41 Å². The van der Waals surface area contributed by atoms with E-state index in [1.165, 1.54) is 0 Å². The molecule has 3 nitrogen and oxygen atoms in total. The van der Waals surface area contributed by atoms with Crippen LogP contribution < -0.4 is 0 Å². The highest BCUT2D eigenvalue weighted by atomic mass is 32.1. The number of aliphatic hydroxyl groups is 2. The Morgan fingerprint density at radius 1 is 1.38 bits per heavy atom. The van der Waals surface area contributed by atoms with Gasteiger partial charge < -0.3 is 14.4 Å². The summed E-state index contributed by atoms with van der Waals surface area (Å²) in [5.41, 5.74) is -0.267. The van der Waals surface area contributed by atoms with E-state index in [2.05, 4.69) is 12.9 Å².